The van der Waals surface area contributed by atoms with E-state index in [9.17, 15) is 9.18 Å². The maximum atomic E-state index is 13.2. The van der Waals surface area contributed by atoms with Crippen LogP contribution in [0, 0.1) is 12.7 Å². The number of halogens is 1. The minimum atomic E-state index is -0.340. The molecule has 1 amide bonds. The van der Waals surface area contributed by atoms with Gasteiger partial charge >= 0.3 is 6.09 Å². The second kappa shape index (κ2) is 5.88. The van der Waals surface area contributed by atoms with Gasteiger partial charge in [0.25, 0.3) is 0 Å². The van der Waals surface area contributed by atoms with Gasteiger partial charge in [0.2, 0.25) is 0 Å². The molecule has 0 fully saturated rings. The molecule has 0 aromatic heterocycles. The van der Waals surface area contributed by atoms with Crippen LogP contribution in [0.5, 0.6) is 5.75 Å². The molecule has 0 saturated heterocycles. The van der Waals surface area contributed by atoms with Gasteiger partial charge in [0.05, 0.1) is 6.54 Å². The smallest absolute Gasteiger partial charge is 0.410 e. The zero-order chi connectivity index (χ0) is 15.7. The molecule has 0 bridgehead atoms. The average molecular weight is 318 g/mol. The second-order valence-electron chi connectivity index (χ2n) is 5.16. The van der Waals surface area contributed by atoms with Crippen molar-refractivity contribution in [2.45, 2.75) is 18.4 Å². The van der Waals surface area contributed by atoms with Crippen LogP contribution in [0.15, 0.2) is 41.3 Å². The van der Waals surface area contributed by atoms with Gasteiger partial charge in [0, 0.05) is 23.2 Å². The van der Waals surface area contributed by atoms with E-state index in [1.807, 2.05) is 12.1 Å². The standard InChI is InChI=1S/C16H15FN2O2S/c1-10-7-12(3-5-14(10)17)18-22-13-4-6-15-11(8-13)9-19(2)16(20)21-15/h3-8,18H,9H2,1-2H3. The van der Waals surface area contributed by atoms with Crippen molar-refractivity contribution in [2.75, 3.05) is 11.8 Å². The monoisotopic (exact) mass is 318 g/mol. The first-order chi connectivity index (χ1) is 10.5. The number of carbonyl (C=O) groups excluding carboxylic acids is 1. The highest BCUT2D eigenvalue weighted by atomic mass is 32.2. The molecule has 2 aromatic carbocycles. The third-order valence-corrected chi connectivity index (χ3v) is 4.22. The van der Waals surface area contributed by atoms with E-state index in [1.54, 1.807) is 32.2 Å². The number of nitrogens with zero attached hydrogens (tertiary/aromatic N) is 1. The third-order valence-electron chi connectivity index (χ3n) is 3.39. The Morgan fingerprint density at radius 3 is 2.86 bits per heavy atom. The summed E-state index contributed by atoms with van der Waals surface area (Å²) in [6.07, 6.45) is -0.340. The number of fused-ring (bicyclic) bond motifs is 1. The van der Waals surface area contributed by atoms with Gasteiger partial charge in [-0.2, -0.15) is 0 Å². The molecule has 3 rings (SSSR count). The Labute approximate surface area is 132 Å². The van der Waals surface area contributed by atoms with E-state index in [-0.39, 0.29) is 11.9 Å². The van der Waals surface area contributed by atoms with Crippen molar-refractivity contribution in [3.8, 4) is 5.75 Å². The molecule has 0 radical (unpaired) electrons. The number of rotatable bonds is 3. The summed E-state index contributed by atoms with van der Waals surface area (Å²) in [6.45, 7) is 2.26. The molecule has 0 aliphatic carbocycles. The molecule has 6 heteroatoms. The summed E-state index contributed by atoms with van der Waals surface area (Å²) < 4.78 is 21.6. The van der Waals surface area contributed by atoms with Crippen molar-refractivity contribution in [3.63, 3.8) is 0 Å². The number of ether oxygens (including phenoxy) is 1. The van der Waals surface area contributed by atoms with E-state index in [0.29, 0.717) is 17.9 Å². The first-order valence-corrected chi connectivity index (χ1v) is 7.59. The molecule has 1 aliphatic heterocycles. The SMILES string of the molecule is Cc1cc(NSc2ccc3c(c2)CN(C)C(=O)O3)ccc1F. The summed E-state index contributed by atoms with van der Waals surface area (Å²) in [5.41, 5.74) is 2.40. The highest BCUT2D eigenvalue weighted by molar-refractivity contribution is 8.00. The van der Waals surface area contributed by atoms with Crippen LogP contribution in [0.25, 0.3) is 0 Å². The molecule has 1 N–H and O–H groups in total. The molecule has 114 valence electrons. The number of benzene rings is 2. The first kappa shape index (κ1) is 14.7. The highest BCUT2D eigenvalue weighted by Crippen LogP contribution is 2.30. The van der Waals surface area contributed by atoms with E-state index in [1.165, 1.54) is 22.9 Å². The summed E-state index contributed by atoms with van der Waals surface area (Å²) in [5.74, 6) is 0.388. The molecule has 22 heavy (non-hydrogen) atoms. The van der Waals surface area contributed by atoms with Gasteiger partial charge in [0.1, 0.15) is 11.6 Å². The van der Waals surface area contributed by atoms with Gasteiger partial charge in [-0.1, -0.05) is 0 Å². The van der Waals surface area contributed by atoms with Crippen LogP contribution in [0.2, 0.25) is 0 Å². The van der Waals surface area contributed by atoms with Crippen molar-refractivity contribution in [1.82, 2.24) is 4.90 Å². The molecule has 0 saturated carbocycles. The number of hydrogen-bond acceptors (Lipinski definition) is 4. The van der Waals surface area contributed by atoms with Crippen LogP contribution in [0.3, 0.4) is 0 Å². The summed E-state index contributed by atoms with van der Waals surface area (Å²) in [6, 6.07) is 10.6. The number of aryl methyl sites for hydroxylation is 1. The van der Waals surface area contributed by atoms with E-state index < -0.39 is 0 Å². The fraction of sp³-hybridized carbons (Fsp3) is 0.188. The van der Waals surface area contributed by atoms with Gasteiger partial charge < -0.3 is 14.4 Å². The lowest BCUT2D eigenvalue weighted by Gasteiger charge is -2.24. The number of carbonyl (C=O) groups is 1. The number of amides is 1. The second-order valence-corrected chi connectivity index (χ2v) is 6.04. The Morgan fingerprint density at radius 1 is 1.27 bits per heavy atom. The molecule has 1 aliphatic rings. The molecule has 4 nitrogen and oxygen atoms in total. The average Bonchev–Trinajstić information content (AvgIpc) is 2.50. The summed E-state index contributed by atoms with van der Waals surface area (Å²) in [4.78, 5) is 14.0. The molecular formula is C16H15FN2O2S. The lowest BCUT2D eigenvalue weighted by molar-refractivity contribution is 0.150. The molecule has 0 atom stereocenters. The molecule has 1 heterocycles. The Morgan fingerprint density at radius 2 is 2.09 bits per heavy atom. The summed E-state index contributed by atoms with van der Waals surface area (Å²) in [7, 11) is 1.70. The predicted molar refractivity (Wildman–Crippen MR) is 84.5 cm³/mol. The van der Waals surface area contributed by atoms with E-state index in [2.05, 4.69) is 4.72 Å². The van der Waals surface area contributed by atoms with Crippen LogP contribution < -0.4 is 9.46 Å². The summed E-state index contributed by atoms with van der Waals surface area (Å²) >= 11 is 1.43. The molecule has 0 unspecified atom stereocenters. The number of nitrogens with one attached hydrogen (secondary N) is 1. The van der Waals surface area contributed by atoms with E-state index in [0.717, 1.165) is 16.1 Å². The first-order valence-electron chi connectivity index (χ1n) is 6.78. The van der Waals surface area contributed by atoms with Crippen LogP contribution in [0.4, 0.5) is 14.9 Å². The Hall–Kier alpha value is -2.21. The van der Waals surface area contributed by atoms with Crippen LogP contribution in [-0.4, -0.2) is 18.0 Å². The Balaban J connectivity index is 1.72. The third kappa shape index (κ3) is 3.01. The lowest BCUT2D eigenvalue weighted by atomic mass is 10.2. The minimum Gasteiger partial charge on any atom is -0.410 e. The maximum Gasteiger partial charge on any atom is 0.415 e. The predicted octanol–water partition coefficient (Wildman–Crippen LogP) is 4.20. The molecule has 2 aromatic rings. The fourth-order valence-electron chi connectivity index (χ4n) is 2.16. The van der Waals surface area contributed by atoms with Gasteiger partial charge in [-0.25, -0.2) is 9.18 Å². The fourth-order valence-corrected chi connectivity index (χ4v) is 2.86. The Bertz CT molecular complexity index is 736. The van der Waals surface area contributed by atoms with Gasteiger partial charge in [-0.3, -0.25) is 0 Å². The number of anilines is 1. The van der Waals surface area contributed by atoms with Crippen LogP contribution in [0.1, 0.15) is 11.1 Å². The van der Waals surface area contributed by atoms with E-state index in [4.69, 9.17) is 4.74 Å². The zero-order valence-electron chi connectivity index (χ0n) is 12.2. The number of hydrogen-bond donors (Lipinski definition) is 1. The normalized spacial score (nSPS) is 13.6. The van der Waals surface area contributed by atoms with Crippen LogP contribution >= 0.6 is 11.9 Å². The summed E-state index contributed by atoms with van der Waals surface area (Å²) in [5, 5.41) is 0. The Kier molecular flexibility index (Phi) is 3.94. The topological polar surface area (TPSA) is 41.6 Å². The van der Waals surface area contributed by atoms with Gasteiger partial charge in [-0.15, -0.1) is 0 Å². The largest absolute Gasteiger partial charge is 0.415 e. The van der Waals surface area contributed by atoms with Crippen molar-refractivity contribution in [2.24, 2.45) is 0 Å². The minimum absolute atomic E-state index is 0.214. The quantitative estimate of drug-likeness (QED) is 0.861. The van der Waals surface area contributed by atoms with Gasteiger partial charge in [-0.05, 0) is 60.8 Å². The van der Waals surface area contributed by atoms with Crippen LogP contribution in [-0.2, 0) is 6.54 Å². The highest BCUT2D eigenvalue weighted by Gasteiger charge is 2.21. The maximum absolute atomic E-state index is 13.2. The van der Waals surface area contributed by atoms with Crippen molar-refractivity contribution >= 4 is 23.7 Å². The van der Waals surface area contributed by atoms with E-state index >= 15 is 0 Å². The van der Waals surface area contributed by atoms with Crippen molar-refractivity contribution < 1.29 is 13.9 Å². The lowest BCUT2D eigenvalue weighted by Crippen LogP contribution is -2.33. The van der Waals surface area contributed by atoms with Crippen molar-refractivity contribution in [1.29, 1.82) is 0 Å². The molecular weight excluding hydrogens is 303 g/mol. The van der Waals surface area contributed by atoms with Gasteiger partial charge in [0.15, 0.2) is 0 Å². The van der Waals surface area contributed by atoms with Crippen molar-refractivity contribution in [3.05, 3.63) is 53.3 Å². The molecule has 0 spiro atoms. The zero-order valence-corrected chi connectivity index (χ0v) is 13.0.